The van der Waals surface area contributed by atoms with Gasteiger partial charge < -0.3 is 0 Å². The second kappa shape index (κ2) is 4.96. The number of pyridine rings is 1. The van der Waals surface area contributed by atoms with Crippen molar-refractivity contribution >= 4 is 32.6 Å². The summed E-state index contributed by atoms with van der Waals surface area (Å²) in [5.41, 5.74) is 1.40. The van der Waals surface area contributed by atoms with Crippen molar-refractivity contribution in [1.29, 1.82) is 0 Å². The highest BCUT2D eigenvalue weighted by molar-refractivity contribution is 9.10. The third-order valence-corrected chi connectivity index (χ3v) is 3.58. The molecule has 0 spiro atoms. The predicted octanol–water partition coefficient (Wildman–Crippen LogP) is 4.23. The molecule has 2 rings (SSSR count). The Kier molecular flexibility index (Phi) is 3.57. The van der Waals surface area contributed by atoms with E-state index in [1.54, 1.807) is 0 Å². The van der Waals surface area contributed by atoms with Crippen molar-refractivity contribution in [2.45, 2.75) is 20.3 Å². The lowest BCUT2D eigenvalue weighted by Crippen LogP contribution is -2.12. The first-order chi connectivity index (χ1) is 8.13. The average molecular weight is 292 g/mol. The van der Waals surface area contributed by atoms with Gasteiger partial charge in [-0.15, -0.1) is 0 Å². The zero-order valence-electron chi connectivity index (χ0n) is 9.90. The van der Waals surface area contributed by atoms with Gasteiger partial charge in [0.1, 0.15) is 5.69 Å². The summed E-state index contributed by atoms with van der Waals surface area (Å²) in [7, 11) is 0. The van der Waals surface area contributed by atoms with E-state index in [2.05, 4.69) is 20.9 Å². The quantitative estimate of drug-likeness (QED) is 0.792. The van der Waals surface area contributed by atoms with Crippen LogP contribution in [0.15, 0.2) is 34.8 Å². The Morgan fingerprint density at radius 1 is 1.41 bits per heavy atom. The number of para-hydroxylation sites is 1. The van der Waals surface area contributed by atoms with Gasteiger partial charge in [0.15, 0.2) is 5.78 Å². The topological polar surface area (TPSA) is 30.0 Å². The highest BCUT2D eigenvalue weighted by Gasteiger charge is 2.18. The smallest absolute Gasteiger partial charge is 0.185 e. The monoisotopic (exact) mass is 291 g/mol. The third-order valence-electron chi connectivity index (χ3n) is 2.97. The Morgan fingerprint density at radius 3 is 2.82 bits per heavy atom. The van der Waals surface area contributed by atoms with Crippen LogP contribution >= 0.6 is 15.9 Å². The largest absolute Gasteiger partial charge is 0.292 e. The van der Waals surface area contributed by atoms with Gasteiger partial charge in [-0.3, -0.25) is 4.79 Å². The number of carbonyl (C=O) groups excluding carboxylic acids is 1. The predicted molar refractivity (Wildman–Crippen MR) is 73.2 cm³/mol. The second-order valence-electron chi connectivity index (χ2n) is 4.19. The second-order valence-corrected chi connectivity index (χ2v) is 5.04. The molecule has 0 saturated heterocycles. The minimum atomic E-state index is 0.0139. The van der Waals surface area contributed by atoms with Gasteiger partial charge in [-0.25, -0.2) is 4.98 Å². The highest BCUT2D eigenvalue weighted by Crippen LogP contribution is 2.24. The van der Waals surface area contributed by atoms with Crippen LogP contribution in [0.4, 0.5) is 0 Å². The Hall–Kier alpha value is -1.22. The van der Waals surface area contributed by atoms with Crippen LogP contribution in [0.1, 0.15) is 30.8 Å². The van der Waals surface area contributed by atoms with Crippen LogP contribution in [0, 0.1) is 5.92 Å². The number of hydrogen-bond acceptors (Lipinski definition) is 2. The molecule has 2 nitrogen and oxygen atoms in total. The standard InChI is InChI=1S/C14H14BrNO/c1-3-9(2)14(17)13-11(15)8-10-6-4-5-7-12(10)16-13/h4-9H,3H2,1-2H3. The molecular formula is C14H14BrNO. The molecule has 0 bridgehead atoms. The lowest BCUT2D eigenvalue weighted by atomic mass is 10.0. The zero-order valence-corrected chi connectivity index (χ0v) is 11.5. The zero-order chi connectivity index (χ0) is 12.4. The highest BCUT2D eigenvalue weighted by atomic mass is 79.9. The van der Waals surface area contributed by atoms with Crippen LogP contribution in [-0.4, -0.2) is 10.8 Å². The van der Waals surface area contributed by atoms with Crippen molar-refractivity contribution in [2.75, 3.05) is 0 Å². The Labute approximate surface area is 109 Å². The van der Waals surface area contributed by atoms with Crippen molar-refractivity contribution in [3.05, 3.63) is 40.5 Å². The molecule has 0 amide bonds. The van der Waals surface area contributed by atoms with E-state index in [0.717, 1.165) is 21.8 Å². The van der Waals surface area contributed by atoms with Crippen LogP contribution in [0.2, 0.25) is 0 Å². The van der Waals surface area contributed by atoms with Crippen LogP contribution in [0.5, 0.6) is 0 Å². The summed E-state index contributed by atoms with van der Waals surface area (Å²) < 4.78 is 0.779. The van der Waals surface area contributed by atoms with Crippen LogP contribution in [0.3, 0.4) is 0 Å². The summed E-state index contributed by atoms with van der Waals surface area (Å²) in [5.74, 6) is 0.116. The van der Waals surface area contributed by atoms with E-state index in [4.69, 9.17) is 0 Å². The van der Waals surface area contributed by atoms with Gasteiger partial charge in [0, 0.05) is 15.8 Å². The number of nitrogens with zero attached hydrogens (tertiary/aromatic N) is 1. The summed E-state index contributed by atoms with van der Waals surface area (Å²) in [6.45, 7) is 3.95. The molecule has 0 aliphatic heterocycles. The van der Waals surface area contributed by atoms with Gasteiger partial charge in [-0.05, 0) is 34.5 Å². The summed E-state index contributed by atoms with van der Waals surface area (Å²) in [6, 6.07) is 9.77. The number of hydrogen-bond donors (Lipinski definition) is 0. The minimum absolute atomic E-state index is 0.0139. The van der Waals surface area contributed by atoms with Gasteiger partial charge in [0.2, 0.25) is 0 Å². The number of benzene rings is 1. The molecule has 1 unspecified atom stereocenters. The normalized spacial score (nSPS) is 12.6. The summed E-state index contributed by atoms with van der Waals surface area (Å²) in [5, 5.41) is 1.04. The van der Waals surface area contributed by atoms with Crippen molar-refractivity contribution in [1.82, 2.24) is 4.98 Å². The fourth-order valence-electron chi connectivity index (χ4n) is 1.68. The molecule has 88 valence electrons. The summed E-state index contributed by atoms with van der Waals surface area (Å²) >= 11 is 3.43. The van der Waals surface area contributed by atoms with Crippen LogP contribution in [-0.2, 0) is 0 Å². The van der Waals surface area contributed by atoms with Gasteiger partial charge in [-0.1, -0.05) is 32.0 Å². The van der Waals surface area contributed by atoms with Gasteiger partial charge in [0.25, 0.3) is 0 Å². The fourth-order valence-corrected chi connectivity index (χ4v) is 2.21. The maximum atomic E-state index is 12.1. The van der Waals surface area contributed by atoms with Crippen molar-refractivity contribution in [2.24, 2.45) is 5.92 Å². The molecule has 1 atom stereocenters. The Morgan fingerprint density at radius 2 is 2.12 bits per heavy atom. The lowest BCUT2D eigenvalue weighted by Gasteiger charge is -2.09. The molecule has 0 N–H and O–H groups in total. The van der Waals surface area contributed by atoms with Crippen LogP contribution in [0.25, 0.3) is 10.9 Å². The number of halogens is 1. The molecule has 0 aliphatic rings. The average Bonchev–Trinajstić information content (AvgIpc) is 2.36. The molecule has 0 saturated carbocycles. The number of carbonyl (C=O) groups is 1. The first kappa shape index (κ1) is 12.2. The molecule has 1 heterocycles. The van der Waals surface area contributed by atoms with Gasteiger partial charge in [0.05, 0.1) is 5.52 Å². The van der Waals surface area contributed by atoms with Crippen molar-refractivity contribution < 1.29 is 4.79 Å². The summed E-state index contributed by atoms with van der Waals surface area (Å²) in [6.07, 6.45) is 0.833. The van der Waals surface area contributed by atoms with E-state index >= 15 is 0 Å². The van der Waals surface area contributed by atoms with Crippen molar-refractivity contribution in [3.63, 3.8) is 0 Å². The molecule has 0 aliphatic carbocycles. The number of Topliss-reactive ketones (excluding diaryl/α,β-unsaturated/α-hetero) is 1. The molecule has 3 heteroatoms. The number of rotatable bonds is 3. The molecule has 0 fully saturated rings. The number of fused-ring (bicyclic) bond motifs is 1. The first-order valence-electron chi connectivity index (χ1n) is 5.73. The van der Waals surface area contributed by atoms with Gasteiger partial charge in [-0.2, -0.15) is 0 Å². The molecule has 2 aromatic rings. The Balaban J connectivity index is 2.54. The van der Waals surface area contributed by atoms with E-state index in [1.807, 2.05) is 44.2 Å². The van der Waals surface area contributed by atoms with Crippen molar-refractivity contribution in [3.8, 4) is 0 Å². The van der Waals surface area contributed by atoms with E-state index < -0.39 is 0 Å². The SMILES string of the molecule is CCC(C)C(=O)c1nc2ccccc2cc1Br. The molecule has 1 aromatic carbocycles. The fraction of sp³-hybridized carbons (Fsp3) is 0.286. The summed E-state index contributed by atoms with van der Waals surface area (Å²) in [4.78, 5) is 16.6. The third kappa shape index (κ3) is 2.39. The van der Waals surface area contributed by atoms with E-state index in [-0.39, 0.29) is 11.7 Å². The van der Waals surface area contributed by atoms with Crippen LogP contribution < -0.4 is 0 Å². The maximum Gasteiger partial charge on any atom is 0.185 e. The molecule has 0 radical (unpaired) electrons. The Bertz CT molecular complexity index is 565. The first-order valence-corrected chi connectivity index (χ1v) is 6.52. The molecular weight excluding hydrogens is 278 g/mol. The number of aromatic nitrogens is 1. The maximum absolute atomic E-state index is 12.1. The van der Waals surface area contributed by atoms with E-state index in [9.17, 15) is 4.79 Å². The van der Waals surface area contributed by atoms with Gasteiger partial charge >= 0.3 is 0 Å². The van der Waals surface area contributed by atoms with E-state index in [1.165, 1.54) is 0 Å². The minimum Gasteiger partial charge on any atom is -0.292 e. The molecule has 1 aromatic heterocycles. The lowest BCUT2D eigenvalue weighted by molar-refractivity contribution is 0.0921. The molecule has 17 heavy (non-hydrogen) atoms. The number of ketones is 1. The van der Waals surface area contributed by atoms with E-state index in [0.29, 0.717) is 5.69 Å².